The Balaban J connectivity index is 2.29. The molecule has 86 valence electrons. The van der Waals surface area contributed by atoms with E-state index in [0.29, 0.717) is 6.54 Å². The normalized spacial score (nSPS) is 19.1. The zero-order valence-corrected chi connectivity index (χ0v) is 9.24. The maximum Gasteiger partial charge on any atom is 0.255 e. The fourth-order valence-corrected chi connectivity index (χ4v) is 1.60. The van der Waals surface area contributed by atoms with Crippen LogP contribution in [-0.2, 0) is 9.53 Å². The lowest BCUT2D eigenvalue weighted by molar-refractivity contribution is -0.124. The van der Waals surface area contributed by atoms with Crippen LogP contribution in [0.2, 0.25) is 0 Å². The molecule has 0 saturated heterocycles. The monoisotopic (exact) mass is 222 g/mol. The predicted molar refractivity (Wildman–Crippen MR) is 60.9 cm³/mol. The molecule has 16 heavy (non-hydrogen) atoms. The summed E-state index contributed by atoms with van der Waals surface area (Å²) in [6.45, 7) is 0.447. The average Bonchev–Trinajstić information content (AvgIpc) is 2.46. The van der Waals surface area contributed by atoms with Gasteiger partial charge in [0.15, 0.2) is 6.10 Å². The third kappa shape index (κ3) is 1.94. The van der Waals surface area contributed by atoms with Crippen LogP contribution in [0.25, 0.3) is 0 Å². The molecular formula is C11H14N2O3. The topological polar surface area (TPSA) is 59.6 Å². The van der Waals surface area contributed by atoms with Gasteiger partial charge in [-0.3, -0.25) is 4.79 Å². The highest BCUT2D eigenvalue weighted by Gasteiger charge is 2.22. The number of hydrogen-bond acceptors (Lipinski definition) is 4. The van der Waals surface area contributed by atoms with E-state index in [1.54, 1.807) is 19.2 Å². The van der Waals surface area contributed by atoms with Crippen LogP contribution in [0.5, 0.6) is 5.75 Å². The largest absolute Gasteiger partial charge is 0.497 e. The van der Waals surface area contributed by atoms with Gasteiger partial charge in [-0.2, -0.15) is 0 Å². The number of nitrogens with one attached hydrogen (secondary N) is 2. The zero-order chi connectivity index (χ0) is 11.5. The van der Waals surface area contributed by atoms with Crippen molar-refractivity contribution < 1.29 is 14.3 Å². The first kappa shape index (κ1) is 10.8. The third-order valence-electron chi connectivity index (χ3n) is 2.54. The molecule has 0 saturated carbocycles. The molecule has 1 aromatic carbocycles. The van der Waals surface area contributed by atoms with E-state index >= 15 is 0 Å². The SMILES string of the molecule is COc1ccc2c(c1)NCC(OC)C(=O)N2. The van der Waals surface area contributed by atoms with Gasteiger partial charge in [0.2, 0.25) is 0 Å². The van der Waals surface area contributed by atoms with E-state index in [4.69, 9.17) is 9.47 Å². The maximum atomic E-state index is 11.7. The molecule has 5 nitrogen and oxygen atoms in total. The quantitative estimate of drug-likeness (QED) is 0.786. The highest BCUT2D eigenvalue weighted by atomic mass is 16.5. The van der Waals surface area contributed by atoms with Gasteiger partial charge in [-0.15, -0.1) is 0 Å². The molecule has 0 spiro atoms. The number of methoxy groups -OCH3 is 2. The molecule has 1 aliphatic heterocycles. The van der Waals surface area contributed by atoms with E-state index in [2.05, 4.69) is 10.6 Å². The Bertz CT molecular complexity index is 406. The third-order valence-corrected chi connectivity index (χ3v) is 2.54. The molecule has 2 N–H and O–H groups in total. The van der Waals surface area contributed by atoms with Crippen molar-refractivity contribution in [2.75, 3.05) is 31.4 Å². The predicted octanol–water partition coefficient (Wildman–Crippen LogP) is 1.07. The Kier molecular flexibility index (Phi) is 2.96. The molecular weight excluding hydrogens is 208 g/mol. The van der Waals surface area contributed by atoms with Crippen molar-refractivity contribution in [1.29, 1.82) is 0 Å². The molecule has 1 aliphatic rings. The van der Waals surface area contributed by atoms with Gasteiger partial charge in [0.1, 0.15) is 5.75 Å². The second-order valence-corrected chi connectivity index (χ2v) is 3.51. The Labute approximate surface area is 93.7 Å². The second kappa shape index (κ2) is 4.40. The summed E-state index contributed by atoms with van der Waals surface area (Å²) in [5, 5.41) is 5.94. The van der Waals surface area contributed by atoms with E-state index < -0.39 is 6.10 Å². The smallest absolute Gasteiger partial charge is 0.255 e. The lowest BCUT2D eigenvalue weighted by Gasteiger charge is -2.10. The molecule has 2 rings (SSSR count). The fraction of sp³-hybridized carbons (Fsp3) is 0.364. The summed E-state index contributed by atoms with van der Waals surface area (Å²) in [7, 11) is 3.12. The zero-order valence-electron chi connectivity index (χ0n) is 9.24. The van der Waals surface area contributed by atoms with Gasteiger partial charge in [-0.25, -0.2) is 0 Å². The number of fused-ring (bicyclic) bond motifs is 1. The molecule has 1 heterocycles. The van der Waals surface area contributed by atoms with E-state index in [1.165, 1.54) is 7.11 Å². The minimum atomic E-state index is -0.474. The van der Waals surface area contributed by atoms with Crippen LogP contribution in [0.4, 0.5) is 11.4 Å². The number of ether oxygens (including phenoxy) is 2. The first-order chi connectivity index (χ1) is 7.74. The molecule has 0 bridgehead atoms. The van der Waals surface area contributed by atoms with E-state index in [1.807, 2.05) is 6.07 Å². The standard InChI is InChI=1S/C11H14N2O3/c1-15-7-3-4-8-9(5-7)12-6-10(16-2)11(14)13-8/h3-5,10,12H,6H2,1-2H3,(H,13,14). The van der Waals surface area contributed by atoms with Crippen molar-refractivity contribution in [2.24, 2.45) is 0 Å². The molecule has 1 aromatic rings. The van der Waals surface area contributed by atoms with Gasteiger partial charge in [-0.1, -0.05) is 0 Å². The summed E-state index contributed by atoms with van der Waals surface area (Å²) in [6, 6.07) is 5.44. The van der Waals surface area contributed by atoms with Gasteiger partial charge in [0, 0.05) is 13.2 Å². The van der Waals surface area contributed by atoms with Gasteiger partial charge >= 0.3 is 0 Å². The van der Waals surface area contributed by atoms with Crippen LogP contribution in [0.15, 0.2) is 18.2 Å². The highest BCUT2D eigenvalue weighted by Crippen LogP contribution is 2.28. The molecule has 5 heteroatoms. The highest BCUT2D eigenvalue weighted by molar-refractivity contribution is 5.99. The molecule has 0 fully saturated rings. The van der Waals surface area contributed by atoms with Gasteiger partial charge < -0.3 is 20.1 Å². The minimum absolute atomic E-state index is 0.140. The van der Waals surface area contributed by atoms with E-state index in [0.717, 1.165) is 17.1 Å². The Morgan fingerprint density at radius 2 is 2.12 bits per heavy atom. The number of carbonyl (C=O) groups excluding carboxylic acids is 1. The molecule has 0 radical (unpaired) electrons. The van der Waals surface area contributed by atoms with Crippen LogP contribution >= 0.6 is 0 Å². The summed E-state index contributed by atoms with van der Waals surface area (Å²) >= 11 is 0. The Morgan fingerprint density at radius 1 is 1.31 bits per heavy atom. The van der Waals surface area contributed by atoms with Gasteiger partial charge in [-0.05, 0) is 12.1 Å². The van der Waals surface area contributed by atoms with Crippen LogP contribution in [0, 0.1) is 0 Å². The summed E-state index contributed by atoms with van der Waals surface area (Å²) < 4.78 is 10.2. The Hall–Kier alpha value is -1.75. The molecule has 0 aliphatic carbocycles. The fourth-order valence-electron chi connectivity index (χ4n) is 1.60. The summed E-state index contributed by atoms with van der Waals surface area (Å²) in [5.41, 5.74) is 1.58. The molecule has 1 unspecified atom stereocenters. The summed E-state index contributed by atoms with van der Waals surface area (Å²) in [4.78, 5) is 11.7. The maximum absolute atomic E-state index is 11.7. The molecule has 0 aromatic heterocycles. The van der Waals surface area contributed by atoms with Crippen molar-refractivity contribution in [3.05, 3.63) is 18.2 Å². The number of anilines is 2. The molecule has 1 amide bonds. The first-order valence-corrected chi connectivity index (χ1v) is 5.00. The van der Waals surface area contributed by atoms with Crippen LogP contribution in [0.3, 0.4) is 0 Å². The van der Waals surface area contributed by atoms with Crippen LogP contribution in [0.1, 0.15) is 0 Å². The number of rotatable bonds is 2. The summed E-state index contributed by atoms with van der Waals surface area (Å²) in [5.74, 6) is 0.607. The number of carbonyl (C=O) groups is 1. The van der Waals surface area contributed by atoms with Crippen LogP contribution < -0.4 is 15.4 Å². The Morgan fingerprint density at radius 3 is 2.81 bits per heavy atom. The number of hydrogen-bond donors (Lipinski definition) is 2. The molecule has 1 atom stereocenters. The van der Waals surface area contributed by atoms with Gasteiger partial charge in [0.05, 0.1) is 25.0 Å². The van der Waals surface area contributed by atoms with E-state index in [-0.39, 0.29) is 5.91 Å². The van der Waals surface area contributed by atoms with Crippen LogP contribution in [-0.4, -0.2) is 32.8 Å². The number of benzene rings is 1. The summed E-state index contributed by atoms with van der Waals surface area (Å²) in [6.07, 6.45) is -0.474. The van der Waals surface area contributed by atoms with E-state index in [9.17, 15) is 4.79 Å². The van der Waals surface area contributed by atoms with Crippen molar-refractivity contribution in [3.8, 4) is 5.75 Å². The second-order valence-electron chi connectivity index (χ2n) is 3.51. The van der Waals surface area contributed by atoms with Crippen molar-refractivity contribution in [1.82, 2.24) is 0 Å². The van der Waals surface area contributed by atoms with Crippen molar-refractivity contribution in [2.45, 2.75) is 6.10 Å². The number of amides is 1. The lowest BCUT2D eigenvalue weighted by Crippen LogP contribution is -2.32. The lowest BCUT2D eigenvalue weighted by atomic mass is 10.2. The average molecular weight is 222 g/mol. The van der Waals surface area contributed by atoms with Crippen molar-refractivity contribution in [3.63, 3.8) is 0 Å². The van der Waals surface area contributed by atoms with Gasteiger partial charge in [0.25, 0.3) is 5.91 Å². The minimum Gasteiger partial charge on any atom is -0.497 e. The van der Waals surface area contributed by atoms with Crippen molar-refractivity contribution >= 4 is 17.3 Å². The first-order valence-electron chi connectivity index (χ1n) is 5.00.